The first-order valence-electron chi connectivity index (χ1n) is 9.19. The minimum absolute atomic E-state index is 0.183. The molecule has 0 aliphatic rings. The zero-order valence-corrected chi connectivity index (χ0v) is 15.8. The normalized spacial score (nSPS) is 10.8. The number of phenols is 2. The van der Waals surface area contributed by atoms with Crippen LogP contribution in [0.2, 0.25) is 0 Å². The fourth-order valence-corrected chi connectivity index (χ4v) is 3.31. The summed E-state index contributed by atoms with van der Waals surface area (Å²) in [6.45, 7) is 3.97. The van der Waals surface area contributed by atoms with Gasteiger partial charge in [-0.3, -0.25) is 0 Å². The third-order valence-electron chi connectivity index (χ3n) is 4.79. The molecule has 0 amide bonds. The Balaban J connectivity index is 1.99. The lowest BCUT2D eigenvalue weighted by Gasteiger charge is -2.13. The van der Waals surface area contributed by atoms with Gasteiger partial charge in [0.2, 0.25) is 0 Å². The minimum atomic E-state index is 0.183. The van der Waals surface area contributed by atoms with E-state index in [1.54, 1.807) is 12.1 Å². The molecule has 138 valence electrons. The van der Waals surface area contributed by atoms with Crippen molar-refractivity contribution in [1.29, 1.82) is 0 Å². The van der Waals surface area contributed by atoms with Crippen LogP contribution >= 0.6 is 0 Å². The summed E-state index contributed by atoms with van der Waals surface area (Å²) in [5, 5.41) is 20.8. The summed E-state index contributed by atoms with van der Waals surface area (Å²) in [6.07, 6.45) is 0. The summed E-state index contributed by atoms with van der Waals surface area (Å²) >= 11 is 0. The van der Waals surface area contributed by atoms with E-state index in [1.807, 2.05) is 80.6 Å². The van der Waals surface area contributed by atoms with Gasteiger partial charge in [-0.2, -0.15) is 0 Å². The second-order valence-electron chi connectivity index (χ2n) is 7.03. The van der Waals surface area contributed by atoms with Crippen LogP contribution in [0.15, 0.2) is 78.9 Å². The Morgan fingerprint density at radius 3 is 1.57 bits per heavy atom. The van der Waals surface area contributed by atoms with E-state index in [0.717, 1.165) is 22.3 Å². The lowest BCUT2D eigenvalue weighted by Crippen LogP contribution is -1.93. The Hall–Kier alpha value is -3.59. The maximum absolute atomic E-state index is 10.4. The number of rotatable bonds is 3. The summed E-state index contributed by atoms with van der Waals surface area (Å²) in [7, 11) is 0. The lowest BCUT2D eigenvalue weighted by atomic mass is 9.98. The molecule has 0 aliphatic heterocycles. The number of pyridine rings is 1. The molecule has 0 radical (unpaired) electrons. The second-order valence-corrected chi connectivity index (χ2v) is 7.03. The molecule has 4 aromatic rings. The topological polar surface area (TPSA) is 53.4 Å². The first-order valence-corrected chi connectivity index (χ1v) is 9.19. The average molecular weight is 367 g/mol. The largest absolute Gasteiger partial charge is 0.507 e. The van der Waals surface area contributed by atoms with Gasteiger partial charge in [0, 0.05) is 11.1 Å². The molecule has 28 heavy (non-hydrogen) atoms. The lowest BCUT2D eigenvalue weighted by molar-refractivity contribution is 0.477. The van der Waals surface area contributed by atoms with Gasteiger partial charge in [-0.05, 0) is 61.4 Å². The van der Waals surface area contributed by atoms with E-state index >= 15 is 0 Å². The molecular formula is C25H21NO2. The second kappa shape index (κ2) is 7.20. The number of benzene rings is 3. The van der Waals surface area contributed by atoms with Crippen LogP contribution in [0.3, 0.4) is 0 Å². The van der Waals surface area contributed by atoms with Crippen molar-refractivity contribution in [2.45, 2.75) is 13.8 Å². The number of phenolic OH excluding ortho intramolecular Hbond substituents is 2. The fourth-order valence-electron chi connectivity index (χ4n) is 3.31. The quantitative estimate of drug-likeness (QED) is 0.459. The maximum atomic E-state index is 10.4. The van der Waals surface area contributed by atoms with Crippen LogP contribution in [0.25, 0.3) is 33.6 Å². The van der Waals surface area contributed by atoms with Crippen molar-refractivity contribution in [3.05, 3.63) is 90.0 Å². The third-order valence-corrected chi connectivity index (χ3v) is 4.79. The molecule has 0 saturated carbocycles. The van der Waals surface area contributed by atoms with Crippen molar-refractivity contribution in [2.24, 2.45) is 0 Å². The molecule has 0 unspecified atom stereocenters. The highest BCUT2D eigenvalue weighted by Crippen LogP contribution is 2.36. The molecule has 3 aromatic carbocycles. The van der Waals surface area contributed by atoms with E-state index in [4.69, 9.17) is 4.98 Å². The molecule has 0 fully saturated rings. The van der Waals surface area contributed by atoms with Gasteiger partial charge in [0.1, 0.15) is 11.5 Å². The van der Waals surface area contributed by atoms with Crippen LogP contribution in [-0.2, 0) is 0 Å². The average Bonchev–Trinajstić information content (AvgIpc) is 2.72. The molecule has 0 spiro atoms. The van der Waals surface area contributed by atoms with E-state index in [0.29, 0.717) is 22.5 Å². The van der Waals surface area contributed by atoms with Crippen molar-refractivity contribution < 1.29 is 10.2 Å². The summed E-state index contributed by atoms with van der Waals surface area (Å²) in [5.41, 5.74) is 6.78. The van der Waals surface area contributed by atoms with Gasteiger partial charge in [-0.1, -0.05) is 53.6 Å². The third kappa shape index (κ3) is 3.47. The highest BCUT2D eigenvalue weighted by atomic mass is 16.3. The van der Waals surface area contributed by atoms with Crippen LogP contribution < -0.4 is 0 Å². The molecule has 4 rings (SSSR count). The highest BCUT2D eigenvalue weighted by molar-refractivity contribution is 5.80. The van der Waals surface area contributed by atoms with Crippen LogP contribution in [0, 0.1) is 13.8 Å². The van der Waals surface area contributed by atoms with Gasteiger partial charge >= 0.3 is 0 Å². The van der Waals surface area contributed by atoms with Gasteiger partial charge in [0.05, 0.1) is 11.4 Å². The van der Waals surface area contributed by atoms with E-state index in [-0.39, 0.29) is 11.5 Å². The zero-order valence-electron chi connectivity index (χ0n) is 15.8. The Kier molecular flexibility index (Phi) is 4.58. The zero-order chi connectivity index (χ0) is 19.7. The summed E-state index contributed by atoms with van der Waals surface area (Å²) < 4.78 is 0. The first-order chi connectivity index (χ1) is 13.5. The molecule has 0 aliphatic carbocycles. The van der Waals surface area contributed by atoms with Crippen LogP contribution in [-0.4, -0.2) is 15.2 Å². The minimum Gasteiger partial charge on any atom is -0.507 e. The van der Waals surface area contributed by atoms with Gasteiger partial charge in [-0.15, -0.1) is 0 Å². The number of aryl methyl sites for hydroxylation is 2. The molecule has 3 nitrogen and oxygen atoms in total. The van der Waals surface area contributed by atoms with Crippen molar-refractivity contribution in [3.63, 3.8) is 0 Å². The summed E-state index contributed by atoms with van der Waals surface area (Å²) in [6, 6.07) is 24.9. The number of aromatic nitrogens is 1. The van der Waals surface area contributed by atoms with Gasteiger partial charge in [0.15, 0.2) is 0 Å². The molecule has 1 heterocycles. The van der Waals surface area contributed by atoms with Crippen LogP contribution in [0.4, 0.5) is 0 Å². The molecule has 0 saturated heterocycles. The molecule has 0 bridgehead atoms. The van der Waals surface area contributed by atoms with E-state index < -0.39 is 0 Å². The molecule has 3 heteroatoms. The predicted molar refractivity (Wildman–Crippen MR) is 113 cm³/mol. The molecular weight excluding hydrogens is 346 g/mol. The Morgan fingerprint density at radius 1 is 0.571 bits per heavy atom. The monoisotopic (exact) mass is 367 g/mol. The van der Waals surface area contributed by atoms with E-state index in [9.17, 15) is 10.2 Å². The Labute approximate surface area is 164 Å². The number of hydrogen-bond donors (Lipinski definition) is 2. The number of aromatic hydroxyl groups is 2. The van der Waals surface area contributed by atoms with Gasteiger partial charge < -0.3 is 10.2 Å². The number of nitrogens with zero attached hydrogens (tertiary/aromatic N) is 1. The predicted octanol–water partition coefficient (Wildman–Crippen LogP) is 6.11. The van der Waals surface area contributed by atoms with Gasteiger partial charge in [0.25, 0.3) is 0 Å². The van der Waals surface area contributed by atoms with Crippen molar-refractivity contribution >= 4 is 0 Å². The maximum Gasteiger partial charge on any atom is 0.124 e. The standard InChI is InChI=1S/C25H21NO2/c1-16-8-10-24(27)20(12-16)22-14-19(18-6-4-3-5-7-18)15-23(26-22)21-13-17(2)9-11-25(21)28/h3-15,27-28H,1-2H3. The Bertz CT molecular complexity index is 1080. The van der Waals surface area contributed by atoms with Gasteiger partial charge in [-0.25, -0.2) is 4.98 Å². The summed E-state index contributed by atoms with van der Waals surface area (Å²) in [4.78, 5) is 4.78. The smallest absolute Gasteiger partial charge is 0.124 e. The van der Waals surface area contributed by atoms with E-state index in [1.165, 1.54) is 0 Å². The fraction of sp³-hybridized carbons (Fsp3) is 0.0800. The summed E-state index contributed by atoms with van der Waals surface area (Å²) in [5.74, 6) is 0.366. The van der Waals surface area contributed by atoms with Crippen LogP contribution in [0.5, 0.6) is 11.5 Å². The van der Waals surface area contributed by atoms with Crippen molar-refractivity contribution in [1.82, 2.24) is 4.98 Å². The van der Waals surface area contributed by atoms with Crippen LogP contribution in [0.1, 0.15) is 11.1 Å². The van der Waals surface area contributed by atoms with E-state index in [2.05, 4.69) is 0 Å². The molecule has 1 aromatic heterocycles. The first kappa shape index (κ1) is 17.8. The molecule has 2 N–H and O–H groups in total. The van der Waals surface area contributed by atoms with Crippen molar-refractivity contribution in [2.75, 3.05) is 0 Å². The number of hydrogen-bond acceptors (Lipinski definition) is 3. The Morgan fingerprint density at radius 2 is 1.07 bits per heavy atom. The molecule has 0 atom stereocenters. The van der Waals surface area contributed by atoms with Crippen molar-refractivity contribution in [3.8, 4) is 45.1 Å². The highest BCUT2D eigenvalue weighted by Gasteiger charge is 2.14. The SMILES string of the molecule is Cc1ccc(O)c(-c2cc(-c3ccccc3)cc(-c3cc(C)ccc3O)n2)c1.